The molecule has 2 rings (SSSR count). The maximum Gasteiger partial charge on any atom is 0.435 e. The zero-order valence-corrected chi connectivity index (χ0v) is 11.3. The Balaban J connectivity index is 2.67. The van der Waals surface area contributed by atoms with Crippen molar-refractivity contribution in [2.24, 2.45) is 0 Å². The second kappa shape index (κ2) is 5.21. The highest BCUT2D eigenvalue weighted by Gasteiger charge is 2.34. The van der Waals surface area contributed by atoms with Crippen LogP contribution in [-0.4, -0.2) is 22.5 Å². The van der Waals surface area contributed by atoms with E-state index in [1.54, 1.807) is 12.1 Å². The molecule has 0 aliphatic heterocycles. The van der Waals surface area contributed by atoms with E-state index in [9.17, 15) is 13.2 Å². The molecule has 0 spiro atoms. The minimum Gasteiger partial charge on any atom is -0.481 e. The molecule has 102 valence electrons. The third kappa shape index (κ3) is 2.73. The number of pyridine rings is 1. The van der Waals surface area contributed by atoms with Crippen LogP contribution < -0.4 is 10.0 Å². The molecule has 0 atom stereocenters. The van der Waals surface area contributed by atoms with Gasteiger partial charge in [0.05, 0.1) is 12.6 Å². The summed E-state index contributed by atoms with van der Waals surface area (Å²) in [4.78, 5) is 0. The molecule has 2 aromatic rings. The number of methoxy groups -OCH3 is 1. The zero-order valence-electron chi connectivity index (χ0n) is 10.4. The normalized spacial score (nSPS) is 12.5. The molecule has 0 amide bonds. The number of aromatic nitrogens is 2. The average molecular weight is 288 g/mol. The summed E-state index contributed by atoms with van der Waals surface area (Å²) in [6, 6.07) is 4.42. The summed E-state index contributed by atoms with van der Waals surface area (Å²) < 4.78 is 44.4. The molecule has 0 saturated heterocycles. The molecule has 0 unspecified atom stereocenters. The number of alkyl halides is 3. The van der Waals surface area contributed by atoms with Crippen molar-refractivity contribution < 1.29 is 17.9 Å². The van der Waals surface area contributed by atoms with Crippen molar-refractivity contribution in [3.8, 4) is 5.88 Å². The van der Waals surface area contributed by atoms with E-state index in [4.69, 9.17) is 4.74 Å². The van der Waals surface area contributed by atoms with Crippen molar-refractivity contribution in [3.05, 3.63) is 23.9 Å². The molecule has 2 aromatic heterocycles. The molecule has 2 heterocycles. The van der Waals surface area contributed by atoms with Crippen molar-refractivity contribution in [3.63, 3.8) is 0 Å². The highest BCUT2D eigenvalue weighted by molar-refractivity contribution is 7.47. The van der Waals surface area contributed by atoms with E-state index < -0.39 is 11.9 Å². The van der Waals surface area contributed by atoms with Crippen molar-refractivity contribution in [2.75, 3.05) is 7.11 Å². The Morgan fingerprint density at radius 3 is 2.74 bits per heavy atom. The van der Waals surface area contributed by atoms with Crippen LogP contribution in [0.4, 0.5) is 13.2 Å². The van der Waals surface area contributed by atoms with Gasteiger partial charge in [0.25, 0.3) is 0 Å². The van der Waals surface area contributed by atoms with Crippen LogP contribution in [0.3, 0.4) is 0 Å². The predicted molar refractivity (Wildman–Crippen MR) is 69.7 cm³/mol. The van der Waals surface area contributed by atoms with E-state index in [1.165, 1.54) is 11.6 Å². The Bertz CT molecular complexity index is 619. The number of ether oxygens (including phenoxy) is 1. The van der Waals surface area contributed by atoms with Gasteiger partial charge < -0.3 is 4.74 Å². The molecular formula is C12H12F3N2OP. The third-order valence-electron chi connectivity index (χ3n) is 2.48. The molecule has 0 aliphatic carbocycles. The average Bonchev–Trinajstić information content (AvgIpc) is 2.80. The second-order valence-electron chi connectivity index (χ2n) is 3.81. The Labute approximate surface area is 109 Å². The van der Waals surface area contributed by atoms with Crippen LogP contribution in [0.5, 0.6) is 5.88 Å². The topological polar surface area (TPSA) is 26.5 Å². The molecule has 0 saturated carbocycles. The molecule has 3 nitrogen and oxygen atoms in total. The molecule has 0 aromatic carbocycles. The molecule has 0 radical (unpaired) electrons. The second-order valence-corrected chi connectivity index (χ2v) is 4.91. The van der Waals surface area contributed by atoms with Crippen molar-refractivity contribution in [1.29, 1.82) is 0 Å². The quantitative estimate of drug-likeness (QED) is 0.811. The molecule has 0 aliphatic rings. The first-order valence-corrected chi connectivity index (χ1v) is 6.60. The van der Waals surface area contributed by atoms with Crippen LogP contribution in [0.25, 0.3) is 5.52 Å². The van der Waals surface area contributed by atoms with Crippen LogP contribution in [0.1, 0.15) is 19.0 Å². The number of halogens is 3. The Kier molecular flexibility index (Phi) is 3.80. The summed E-state index contributed by atoms with van der Waals surface area (Å²) in [5.74, 6) is 2.25. The summed E-state index contributed by atoms with van der Waals surface area (Å²) in [5.41, 5.74) is -0.497. The molecule has 7 heteroatoms. The first-order valence-electron chi connectivity index (χ1n) is 5.64. The highest BCUT2D eigenvalue weighted by Crippen LogP contribution is 2.30. The fourth-order valence-corrected chi connectivity index (χ4v) is 2.46. The van der Waals surface area contributed by atoms with Gasteiger partial charge in [-0.05, 0) is 18.6 Å². The Morgan fingerprint density at radius 1 is 1.42 bits per heavy atom. The number of fused-ring (bicyclic) bond motifs is 1. The molecule has 0 bridgehead atoms. The maximum atomic E-state index is 12.7. The molecule has 19 heavy (non-hydrogen) atoms. The Hall–Kier alpha value is -1.55. The van der Waals surface area contributed by atoms with Crippen LogP contribution in [0, 0.1) is 0 Å². The van der Waals surface area contributed by atoms with E-state index in [0.29, 0.717) is 5.52 Å². The monoisotopic (exact) mass is 288 g/mol. The first kappa shape index (κ1) is 13.9. The number of hydrogen-bond acceptors (Lipinski definition) is 2. The lowest BCUT2D eigenvalue weighted by Crippen LogP contribution is -2.06. The van der Waals surface area contributed by atoms with Crippen molar-refractivity contribution >= 4 is 24.8 Å². The van der Waals surface area contributed by atoms with Gasteiger partial charge >= 0.3 is 6.18 Å². The zero-order chi connectivity index (χ0) is 14.0. The SMILES string of the molecule is CCC=Pc1ccc(OC)n2nc(C(F)(F)F)cc12. The van der Waals surface area contributed by atoms with E-state index in [1.807, 2.05) is 12.7 Å². The van der Waals surface area contributed by atoms with Gasteiger partial charge in [0.15, 0.2) is 5.69 Å². The van der Waals surface area contributed by atoms with Crippen LogP contribution >= 0.6 is 8.20 Å². The summed E-state index contributed by atoms with van der Waals surface area (Å²) in [5, 5.41) is 4.34. The molecular weight excluding hydrogens is 276 g/mol. The summed E-state index contributed by atoms with van der Waals surface area (Å²) in [6.07, 6.45) is -3.61. The molecule has 0 fully saturated rings. The maximum absolute atomic E-state index is 12.7. The summed E-state index contributed by atoms with van der Waals surface area (Å²) in [6.45, 7) is 1.98. The molecule has 0 N–H and O–H groups in total. The van der Waals surface area contributed by atoms with Gasteiger partial charge in [-0.1, -0.05) is 20.9 Å². The number of nitrogens with zero attached hydrogens (tertiary/aromatic N) is 2. The fraction of sp³-hybridized carbons (Fsp3) is 0.333. The van der Waals surface area contributed by atoms with Gasteiger partial charge in [0.2, 0.25) is 5.88 Å². The lowest BCUT2D eigenvalue weighted by molar-refractivity contribution is -0.141. The van der Waals surface area contributed by atoms with E-state index in [2.05, 4.69) is 5.10 Å². The lowest BCUT2D eigenvalue weighted by atomic mass is 10.3. The van der Waals surface area contributed by atoms with Crippen molar-refractivity contribution in [1.82, 2.24) is 9.61 Å². The number of rotatable bonds is 3. The Morgan fingerprint density at radius 2 is 2.16 bits per heavy atom. The highest BCUT2D eigenvalue weighted by atomic mass is 31.1. The van der Waals surface area contributed by atoms with Gasteiger partial charge in [-0.25, -0.2) is 0 Å². The summed E-state index contributed by atoms with van der Waals surface area (Å²) in [7, 11) is 2.27. The summed E-state index contributed by atoms with van der Waals surface area (Å²) >= 11 is 0. The van der Waals surface area contributed by atoms with Crippen LogP contribution in [-0.2, 0) is 6.18 Å². The van der Waals surface area contributed by atoms with Gasteiger partial charge in [-0.3, -0.25) is 0 Å². The van der Waals surface area contributed by atoms with Crippen LogP contribution in [0.2, 0.25) is 0 Å². The predicted octanol–water partition coefficient (Wildman–Crippen LogP) is 3.15. The van der Waals surface area contributed by atoms with E-state index in [-0.39, 0.29) is 5.88 Å². The standard InChI is InChI=1S/C12H12F3N2OP/c1-3-6-19-9-4-5-11(18-2)17-8(9)7-10(16-17)12(13,14)15/h4-7H,3H2,1-2H3. The van der Waals surface area contributed by atoms with Crippen molar-refractivity contribution in [2.45, 2.75) is 19.5 Å². The van der Waals surface area contributed by atoms with E-state index >= 15 is 0 Å². The largest absolute Gasteiger partial charge is 0.481 e. The fourth-order valence-electron chi connectivity index (χ4n) is 1.63. The van der Waals surface area contributed by atoms with Crippen LogP contribution in [0.15, 0.2) is 18.2 Å². The van der Waals surface area contributed by atoms with Gasteiger partial charge in [-0.2, -0.15) is 22.8 Å². The third-order valence-corrected chi connectivity index (χ3v) is 3.68. The lowest BCUT2D eigenvalue weighted by Gasteiger charge is -2.04. The smallest absolute Gasteiger partial charge is 0.435 e. The minimum atomic E-state index is -4.46. The van der Waals surface area contributed by atoms with Gasteiger partial charge in [0.1, 0.15) is 0 Å². The number of hydrogen-bond donors (Lipinski definition) is 0. The van der Waals surface area contributed by atoms with Gasteiger partial charge in [0, 0.05) is 11.4 Å². The van der Waals surface area contributed by atoms with Gasteiger partial charge in [-0.15, -0.1) is 0 Å². The minimum absolute atomic E-state index is 0.279. The van der Waals surface area contributed by atoms with E-state index in [0.717, 1.165) is 26.0 Å². The first-order chi connectivity index (χ1) is 8.97.